The van der Waals surface area contributed by atoms with E-state index in [9.17, 15) is 4.79 Å². The minimum absolute atomic E-state index is 0.411. The largest absolute Gasteiger partial charge is 0.465 e. The molecule has 0 aliphatic heterocycles. The maximum atomic E-state index is 11.6. The van der Waals surface area contributed by atoms with E-state index in [1.54, 1.807) is 18.2 Å². The van der Waals surface area contributed by atoms with Crippen LogP contribution in [0.5, 0.6) is 0 Å². The van der Waals surface area contributed by atoms with Crippen molar-refractivity contribution >= 4 is 23.4 Å². The van der Waals surface area contributed by atoms with Gasteiger partial charge in [-0.05, 0) is 23.9 Å². The first-order valence-corrected chi connectivity index (χ1v) is 5.54. The Kier molecular flexibility index (Phi) is 3.29. The molecule has 0 fully saturated rings. The van der Waals surface area contributed by atoms with Gasteiger partial charge in [0, 0.05) is 5.69 Å². The number of H-pyrrole nitrogens is 1. The molecule has 1 heterocycles. The molecule has 3 N–H and O–H groups in total. The molecule has 1 aromatic carbocycles. The van der Waals surface area contributed by atoms with Crippen LogP contribution >= 0.6 is 11.8 Å². The van der Waals surface area contributed by atoms with E-state index in [1.807, 2.05) is 0 Å². The van der Waals surface area contributed by atoms with Gasteiger partial charge in [-0.25, -0.2) is 9.78 Å². The van der Waals surface area contributed by atoms with Crippen LogP contribution in [0.25, 0.3) is 0 Å². The molecule has 2 rings (SSSR count). The Balaban J connectivity index is 2.40. The summed E-state index contributed by atoms with van der Waals surface area (Å²) >= 11 is 1.24. The van der Waals surface area contributed by atoms with Crippen molar-refractivity contribution in [3.63, 3.8) is 0 Å². The van der Waals surface area contributed by atoms with Crippen molar-refractivity contribution < 1.29 is 9.53 Å². The zero-order valence-electron chi connectivity index (χ0n) is 9.01. The van der Waals surface area contributed by atoms with Crippen LogP contribution in [0, 0.1) is 0 Å². The second kappa shape index (κ2) is 4.88. The lowest BCUT2D eigenvalue weighted by Gasteiger charge is -2.08. The quantitative estimate of drug-likeness (QED) is 0.630. The second-order valence-electron chi connectivity index (χ2n) is 3.11. The highest BCUT2D eigenvalue weighted by Crippen LogP contribution is 2.33. The lowest BCUT2D eigenvalue weighted by atomic mass is 10.2. The molecule has 0 spiro atoms. The van der Waals surface area contributed by atoms with Crippen molar-refractivity contribution in [2.75, 3.05) is 12.8 Å². The van der Waals surface area contributed by atoms with Gasteiger partial charge in [-0.1, -0.05) is 6.07 Å². The van der Waals surface area contributed by atoms with E-state index < -0.39 is 5.97 Å². The van der Waals surface area contributed by atoms with Gasteiger partial charge in [-0.15, -0.1) is 0 Å². The Bertz CT molecular complexity index is 527. The van der Waals surface area contributed by atoms with Gasteiger partial charge in [-0.2, -0.15) is 5.10 Å². The summed E-state index contributed by atoms with van der Waals surface area (Å²) in [6.45, 7) is 0. The molecular formula is C10H10N4O2S. The van der Waals surface area contributed by atoms with Gasteiger partial charge in [0.25, 0.3) is 0 Å². The monoisotopic (exact) mass is 250 g/mol. The lowest BCUT2D eigenvalue weighted by molar-refractivity contribution is 0.0597. The van der Waals surface area contributed by atoms with Gasteiger partial charge in [0.1, 0.15) is 6.33 Å². The van der Waals surface area contributed by atoms with E-state index in [0.717, 1.165) is 0 Å². The van der Waals surface area contributed by atoms with Gasteiger partial charge in [0.15, 0.2) is 5.16 Å². The summed E-state index contributed by atoms with van der Waals surface area (Å²) < 4.78 is 4.70. The number of hydrogen-bond donors (Lipinski definition) is 2. The Morgan fingerprint density at radius 1 is 1.53 bits per heavy atom. The van der Waals surface area contributed by atoms with Crippen LogP contribution < -0.4 is 5.73 Å². The van der Waals surface area contributed by atoms with Crippen molar-refractivity contribution in [2.24, 2.45) is 0 Å². The number of benzene rings is 1. The van der Waals surface area contributed by atoms with E-state index in [1.165, 1.54) is 25.2 Å². The SMILES string of the molecule is COC(=O)c1cccc(N)c1Sc1ncn[nH]1. The number of aromatic nitrogens is 3. The summed E-state index contributed by atoms with van der Waals surface area (Å²) in [7, 11) is 1.33. The average molecular weight is 250 g/mol. The topological polar surface area (TPSA) is 93.9 Å². The molecule has 0 atom stereocenters. The van der Waals surface area contributed by atoms with Crippen molar-refractivity contribution in [3.8, 4) is 0 Å². The summed E-state index contributed by atoms with van der Waals surface area (Å²) in [5.74, 6) is -0.431. The standard InChI is InChI=1S/C10H10N4O2S/c1-16-9(15)6-3-2-4-7(11)8(6)17-10-12-5-13-14-10/h2-5H,11H2,1H3,(H,12,13,14). The summed E-state index contributed by atoms with van der Waals surface area (Å²) in [6.07, 6.45) is 1.39. The molecule has 0 saturated heterocycles. The van der Waals surface area contributed by atoms with Crippen LogP contribution in [-0.2, 0) is 4.74 Å². The Hall–Kier alpha value is -2.02. The highest BCUT2D eigenvalue weighted by Gasteiger charge is 2.16. The number of esters is 1. The number of nitrogens with zero attached hydrogens (tertiary/aromatic N) is 2. The zero-order valence-corrected chi connectivity index (χ0v) is 9.82. The van der Waals surface area contributed by atoms with Gasteiger partial charge < -0.3 is 10.5 Å². The number of aromatic amines is 1. The first-order chi connectivity index (χ1) is 8.22. The molecule has 6 nitrogen and oxygen atoms in total. The van der Waals surface area contributed by atoms with Crippen LogP contribution in [0.4, 0.5) is 5.69 Å². The third-order valence-electron chi connectivity index (χ3n) is 2.04. The molecule has 0 amide bonds. The number of anilines is 1. The molecule has 0 saturated carbocycles. The molecule has 0 bridgehead atoms. The summed E-state index contributed by atoms with van der Waals surface area (Å²) in [5, 5.41) is 6.98. The highest BCUT2D eigenvalue weighted by atomic mass is 32.2. The maximum Gasteiger partial charge on any atom is 0.339 e. The minimum atomic E-state index is -0.431. The number of ether oxygens (including phenoxy) is 1. The number of nitrogen functional groups attached to an aromatic ring is 1. The Morgan fingerprint density at radius 2 is 2.35 bits per heavy atom. The summed E-state index contributed by atoms with van der Waals surface area (Å²) in [6, 6.07) is 5.07. The molecule has 0 unspecified atom stereocenters. The predicted octanol–water partition coefficient (Wildman–Crippen LogP) is 1.32. The first kappa shape index (κ1) is 11.5. The second-order valence-corrected chi connectivity index (χ2v) is 4.11. The molecule has 0 aliphatic rings. The van der Waals surface area contributed by atoms with Crippen LogP contribution in [0.3, 0.4) is 0 Å². The van der Waals surface area contributed by atoms with Gasteiger partial charge in [0.05, 0.1) is 17.6 Å². The van der Waals surface area contributed by atoms with Gasteiger partial charge in [-0.3, -0.25) is 5.10 Å². The Morgan fingerprint density at radius 3 is 3.00 bits per heavy atom. The van der Waals surface area contributed by atoms with Crippen LogP contribution in [-0.4, -0.2) is 28.3 Å². The minimum Gasteiger partial charge on any atom is -0.465 e. The number of rotatable bonds is 3. The molecular weight excluding hydrogens is 240 g/mol. The van der Waals surface area contributed by atoms with Crippen molar-refractivity contribution in [3.05, 3.63) is 30.1 Å². The van der Waals surface area contributed by atoms with Crippen molar-refractivity contribution in [1.82, 2.24) is 15.2 Å². The van der Waals surface area contributed by atoms with Gasteiger partial charge >= 0.3 is 5.97 Å². The average Bonchev–Trinajstić information content (AvgIpc) is 2.83. The van der Waals surface area contributed by atoms with Crippen LogP contribution in [0.1, 0.15) is 10.4 Å². The number of carbonyl (C=O) groups excluding carboxylic acids is 1. The molecule has 0 aliphatic carbocycles. The number of nitrogens with two attached hydrogens (primary N) is 1. The molecule has 0 radical (unpaired) electrons. The van der Waals surface area contributed by atoms with Crippen LogP contribution in [0.15, 0.2) is 34.6 Å². The molecule has 7 heteroatoms. The fourth-order valence-electron chi connectivity index (χ4n) is 1.28. The van der Waals surface area contributed by atoms with Gasteiger partial charge in [0.2, 0.25) is 0 Å². The fraction of sp³-hybridized carbons (Fsp3) is 0.100. The third kappa shape index (κ3) is 2.39. The Labute approximate surface area is 102 Å². The normalized spacial score (nSPS) is 10.2. The first-order valence-electron chi connectivity index (χ1n) is 4.72. The van der Waals surface area contributed by atoms with Crippen molar-refractivity contribution in [2.45, 2.75) is 10.1 Å². The van der Waals surface area contributed by atoms with E-state index >= 15 is 0 Å². The summed E-state index contributed by atoms with van der Waals surface area (Å²) in [4.78, 5) is 16.2. The number of hydrogen-bond acceptors (Lipinski definition) is 6. The van der Waals surface area contributed by atoms with E-state index in [2.05, 4.69) is 15.2 Å². The number of carbonyl (C=O) groups is 1. The molecule has 17 heavy (non-hydrogen) atoms. The van der Waals surface area contributed by atoms with Crippen LogP contribution in [0.2, 0.25) is 0 Å². The fourth-order valence-corrected chi connectivity index (χ4v) is 2.12. The molecule has 1 aromatic heterocycles. The predicted molar refractivity (Wildman–Crippen MR) is 62.7 cm³/mol. The van der Waals surface area contributed by atoms with Crippen molar-refractivity contribution in [1.29, 1.82) is 0 Å². The lowest BCUT2D eigenvalue weighted by Crippen LogP contribution is -2.05. The third-order valence-corrected chi connectivity index (χ3v) is 3.09. The number of nitrogens with one attached hydrogen (secondary N) is 1. The van der Waals surface area contributed by atoms with E-state index in [0.29, 0.717) is 21.3 Å². The number of methoxy groups -OCH3 is 1. The van der Waals surface area contributed by atoms with E-state index in [-0.39, 0.29) is 0 Å². The smallest absolute Gasteiger partial charge is 0.339 e. The molecule has 88 valence electrons. The highest BCUT2D eigenvalue weighted by molar-refractivity contribution is 7.99. The van der Waals surface area contributed by atoms with E-state index in [4.69, 9.17) is 10.5 Å². The summed E-state index contributed by atoms with van der Waals surface area (Å²) in [5.41, 5.74) is 6.75. The maximum absolute atomic E-state index is 11.6. The zero-order chi connectivity index (χ0) is 12.3. The molecule has 2 aromatic rings.